The third-order valence-electron chi connectivity index (χ3n) is 3.75. The number of hydrogen-bond donors (Lipinski definition) is 1. The molecule has 0 aromatic carbocycles. The Morgan fingerprint density at radius 3 is 2.90 bits per heavy atom. The molecule has 1 aliphatic carbocycles. The molecule has 1 fully saturated rings. The maximum absolute atomic E-state index is 12.6. The van der Waals surface area contributed by atoms with Gasteiger partial charge in [0.2, 0.25) is 0 Å². The number of anilines is 1. The van der Waals surface area contributed by atoms with Gasteiger partial charge in [-0.3, -0.25) is 4.79 Å². The summed E-state index contributed by atoms with van der Waals surface area (Å²) in [7, 11) is 1.80. The molecule has 2 heterocycles. The lowest BCUT2D eigenvalue weighted by Crippen LogP contribution is -2.28. The number of nitrogen functional groups attached to an aromatic ring is 1. The van der Waals surface area contributed by atoms with Gasteiger partial charge in [-0.15, -0.1) is 0 Å². The van der Waals surface area contributed by atoms with E-state index in [0.717, 1.165) is 24.2 Å². The number of hydrogen-bond acceptors (Lipinski definition) is 3. The van der Waals surface area contributed by atoms with Gasteiger partial charge in [0.25, 0.3) is 5.91 Å². The molecule has 2 aromatic heterocycles. The molecule has 1 amide bonds. The van der Waals surface area contributed by atoms with Crippen LogP contribution in [0.5, 0.6) is 0 Å². The molecular formula is C15H19N3O2. The predicted molar refractivity (Wildman–Crippen MR) is 76.4 cm³/mol. The van der Waals surface area contributed by atoms with Gasteiger partial charge in [0.05, 0.1) is 12.0 Å². The Bertz CT molecular complexity index is 637. The van der Waals surface area contributed by atoms with Gasteiger partial charge in [0.1, 0.15) is 11.5 Å². The van der Waals surface area contributed by atoms with Crippen LogP contribution in [0, 0.1) is 6.92 Å². The van der Waals surface area contributed by atoms with Crippen molar-refractivity contribution in [3.63, 3.8) is 0 Å². The molecule has 2 N–H and O–H groups in total. The fraction of sp³-hybridized carbons (Fsp3) is 0.400. The molecule has 106 valence electrons. The summed E-state index contributed by atoms with van der Waals surface area (Å²) in [5.74, 6) is 0.843. The summed E-state index contributed by atoms with van der Waals surface area (Å²) >= 11 is 0. The quantitative estimate of drug-likeness (QED) is 0.931. The zero-order valence-corrected chi connectivity index (χ0v) is 11.8. The summed E-state index contributed by atoms with van der Waals surface area (Å²) in [4.78, 5) is 14.3. The first-order chi connectivity index (χ1) is 9.56. The van der Waals surface area contributed by atoms with Crippen molar-refractivity contribution in [2.75, 3.05) is 12.8 Å². The second-order valence-electron chi connectivity index (χ2n) is 5.46. The highest BCUT2D eigenvalue weighted by molar-refractivity contribution is 5.93. The lowest BCUT2D eigenvalue weighted by molar-refractivity contribution is 0.0773. The van der Waals surface area contributed by atoms with Gasteiger partial charge in [-0.05, 0) is 31.9 Å². The van der Waals surface area contributed by atoms with Crippen molar-refractivity contribution in [3.8, 4) is 0 Å². The molecule has 5 heteroatoms. The van der Waals surface area contributed by atoms with Crippen LogP contribution in [0.4, 0.5) is 5.69 Å². The van der Waals surface area contributed by atoms with Gasteiger partial charge in [-0.25, -0.2) is 0 Å². The largest absolute Gasteiger partial charge is 0.469 e. The second kappa shape index (κ2) is 4.74. The molecule has 0 unspecified atom stereocenters. The first kappa shape index (κ1) is 12.8. The van der Waals surface area contributed by atoms with Crippen molar-refractivity contribution in [3.05, 3.63) is 41.6 Å². The molecule has 1 saturated carbocycles. The van der Waals surface area contributed by atoms with E-state index in [9.17, 15) is 4.79 Å². The topological polar surface area (TPSA) is 64.4 Å². The van der Waals surface area contributed by atoms with E-state index in [4.69, 9.17) is 10.2 Å². The van der Waals surface area contributed by atoms with Crippen LogP contribution in [-0.2, 0) is 6.54 Å². The number of carbonyl (C=O) groups excluding carboxylic acids is 1. The van der Waals surface area contributed by atoms with E-state index in [-0.39, 0.29) is 5.91 Å². The van der Waals surface area contributed by atoms with Crippen molar-refractivity contribution >= 4 is 11.6 Å². The Kier molecular flexibility index (Phi) is 3.04. The third-order valence-corrected chi connectivity index (χ3v) is 3.75. The molecule has 0 spiro atoms. The summed E-state index contributed by atoms with van der Waals surface area (Å²) < 4.78 is 7.27. The van der Waals surface area contributed by atoms with E-state index < -0.39 is 0 Å². The number of rotatable bonds is 4. The number of carbonyl (C=O) groups is 1. The fourth-order valence-corrected chi connectivity index (χ4v) is 2.42. The molecule has 3 rings (SSSR count). The minimum Gasteiger partial charge on any atom is -0.469 e. The Morgan fingerprint density at radius 1 is 1.55 bits per heavy atom. The number of furan rings is 1. The molecule has 0 atom stereocenters. The van der Waals surface area contributed by atoms with Crippen LogP contribution in [0.25, 0.3) is 0 Å². The summed E-state index contributed by atoms with van der Waals surface area (Å²) in [5.41, 5.74) is 8.18. The zero-order valence-electron chi connectivity index (χ0n) is 11.8. The van der Waals surface area contributed by atoms with Gasteiger partial charge < -0.3 is 19.6 Å². The monoisotopic (exact) mass is 273 g/mol. The molecule has 5 nitrogen and oxygen atoms in total. The lowest BCUT2D eigenvalue weighted by Gasteiger charge is -2.18. The smallest absolute Gasteiger partial charge is 0.270 e. The highest BCUT2D eigenvalue weighted by atomic mass is 16.3. The third kappa shape index (κ3) is 2.31. The average molecular weight is 273 g/mol. The summed E-state index contributed by atoms with van der Waals surface area (Å²) in [6.07, 6.45) is 5.76. The molecule has 0 bridgehead atoms. The maximum Gasteiger partial charge on any atom is 0.270 e. The van der Waals surface area contributed by atoms with Crippen LogP contribution in [0.1, 0.15) is 40.7 Å². The van der Waals surface area contributed by atoms with Crippen molar-refractivity contribution < 1.29 is 9.21 Å². The second-order valence-corrected chi connectivity index (χ2v) is 5.46. The highest BCUT2D eigenvalue weighted by Gasteiger charge is 2.28. The number of amides is 1. The van der Waals surface area contributed by atoms with Crippen molar-refractivity contribution in [1.29, 1.82) is 0 Å². The van der Waals surface area contributed by atoms with E-state index in [1.807, 2.05) is 23.8 Å². The van der Waals surface area contributed by atoms with Crippen LogP contribution < -0.4 is 5.73 Å². The van der Waals surface area contributed by atoms with Crippen molar-refractivity contribution in [2.24, 2.45) is 0 Å². The molecule has 1 aliphatic rings. The Balaban J connectivity index is 1.80. The standard InChI is InChI=1S/C15H19N3O2/c1-10-11(5-6-20-10)8-17(2)15(19)14-7-12(16)9-18(14)13-3-4-13/h5-7,9,13H,3-4,8,16H2,1-2H3. The van der Waals surface area contributed by atoms with Gasteiger partial charge in [-0.2, -0.15) is 0 Å². The summed E-state index contributed by atoms with van der Waals surface area (Å²) in [5, 5.41) is 0. The molecule has 2 aromatic rings. The van der Waals surface area contributed by atoms with Crippen molar-refractivity contribution in [1.82, 2.24) is 9.47 Å². The first-order valence-corrected chi connectivity index (χ1v) is 6.82. The van der Waals surface area contributed by atoms with E-state index in [0.29, 0.717) is 24.0 Å². The number of nitrogens with zero attached hydrogens (tertiary/aromatic N) is 2. The van der Waals surface area contributed by atoms with Gasteiger partial charge in [0, 0.05) is 31.4 Å². The first-order valence-electron chi connectivity index (χ1n) is 6.82. The van der Waals surface area contributed by atoms with Crippen LogP contribution >= 0.6 is 0 Å². The average Bonchev–Trinajstić information content (AvgIpc) is 3.08. The highest BCUT2D eigenvalue weighted by Crippen LogP contribution is 2.37. The minimum absolute atomic E-state index is 0.00537. The zero-order chi connectivity index (χ0) is 14.3. The number of aryl methyl sites for hydroxylation is 1. The minimum atomic E-state index is -0.00537. The molecule has 0 saturated heterocycles. The van der Waals surface area contributed by atoms with Crippen LogP contribution in [0.3, 0.4) is 0 Å². The van der Waals surface area contributed by atoms with Crippen molar-refractivity contribution in [2.45, 2.75) is 32.4 Å². The predicted octanol–water partition coefficient (Wildman–Crippen LogP) is 2.58. The van der Waals surface area contributed by atoms with Gasteiger partial charge >= 0.3 is 0 Å². The molecular weight excluding hydrogens is 254 g/mol. The van der Waals surface area contributed by atoms with E-state index >= 15 is 0 Å². The fourth-order valence-electron chi connectivity index (χ4n) is 2.42. The Morgan fingerprint density at radius 2 is 2.30 bits per heavy atom. The van der Waals surface area contributed by atoms with Gasteiger partial charge in [0.15, 0.2) is 0 Å². The number of nitrogens with two attached hydrogens (primary N) is 1. The maximum atomic E-state index is 12.6. The lowest BCUT2D eigenvalue weighted by atomic mass is 10.2. The van der Waals surface area contributed by atoms with Crippen LogP contribution in [-0.4, -0.2) is 22.4 Å². The molecule has 0 aliphatic heterocycles. The SMILES string of the molecule is Cc1occc1CN(C)C(=O)c1cc(N)cn1C1CC1. The van der Waals surface area contributed by atoms with E-state index in [1.54, 1.807) is 24.3 Å². The molecule has 0 radical (unpaired) electrons. The van der Waals surface area contributed by atoms with Crippen LogP contribution in [0.15, 0.2) is 29.0 Å². The van der Waals surface area contributed by atoms with Crippen LogP contribution in [0.2, 0.25) is 0 Å². The Hall–Kier alpha value is -2.17. The Labute approximate surface area is 118 Å². The summed E-state index contributed by atoms with van der Waals surface area (Å²) in [6.45, 7) is 2.44. The van der Waals surface area contributed by atoms with Gasteiger partial charge in [-0.1, -0.05) is 0 Å². The van der Waals surface area contributed by atoms with E-state index in [1.165, 1.54) is 0 Å². The molecule has 20 heavy (non-hydrogen) atoms. The summed E-state index contributed by atoms with van der Waals surface area (Å²) in [6, 6.07) is 4.10. The normalized spacial score (nSPS) is 14.5. The number of aromatic nitrogens is 1. The van der Waals surface area contributed by atoms with E-state index in [2.05, 4.69) is 0 Å².